The molecule has 31 heavy (non-hydrogen) atoms. The lowest BCUT2D eigenvalue weighted by atomic mass is 9.91. The van der Waals surface area contributed by atoms with Crippen LogP contribution in [0.5, 0.6) is 5.75 Å². The number of aryl methyl sites for hydroxylation is 1. The first-order chi connectivity index (χ1) is 14.8. The molecule has 10 nitrogen and oxygen atoms in total. The van der Waals surface area contributed by atoms with Crippen LogP contribution in [-0.4, -0.2) is 37.0 Å². The SMILES string of the molecule is NC(N)=[NH+]CCC[C@H](NC(=O)COc1ccc2c3c(c(=O)oc2c1)CCCC3)C(=O)[O-]. The fraction of sp³-hybridized carbons (Fsp3) is 0.429. The van der Waals surface area contributed by atoms with Gasteiger partial charge in [0.25, 0.3) is 5.91 Å². The van der Waals surface area contributed by atoms with Gasteiger partial charge in [-0.25, -0.2) is 4.79 Å². The molecular weight excluding hydrogens is 404 g/mol. The Hall–Kier alpha value is -3.56. The van der Waals surface area contributed by atoms with E-state index in [4.69, 9.17) is 20.6 Å². The highest BCUT2D eigenvalue weighted by atomic mass is 16.5. The van der Waals surface area contributed by atoms with Gasteiger partial charge in [0, 0.05) is 17.0 Å². The van der Waals surface area contributed by atoms with Crippen LogP contribution in [0, 0.1) is 0 Å². The Balaban J connectivity index is 1.60. The third-order valence-corrected chi connectivity index (χ3v) is 5.18. The maximum atomic E-state index is 12.2. The van der Waals surface area contributed by atoms with E-state index in [-0.39, 0.29) is 18.0 Å². The van der Waals surface area contributed by atoms with Crippen LogP contribution in [0.4, 0.5) is 0 Å². The number of ether oxygens (including phenoxy) is 1. The Morgan fingerprint density at radius 2 is 1.97 bits per heavy atom. The molecule has 0 spiro atoms. The Morgan fingerprint density at radius 1 is 1.23 bits per heavy atom. The molecule has 2 aromatic rings. The van der Waals surface area contributed by atoms with E-state index in [9.17, 15) is 19.5 Å². The molecule has 0 bridgehead atoms. The molecule has 1 amide bonds. The van der Waals surface area contributed by atoms with E-state index in [2.05, 4.69) is 10.3 Å². The lowest BCUT2D eigenvalue weighted by Gasteiger charge is -2.19. The molecule has 0 aliphatic heterocycles. The molecule has 1 aliphatic carbocycles. The standard InChI is InChI=1S/C21H26N4O6/c22-21(23)24-9-3-6-16(19(27)28)25-18(26)11-30-12-7-8-14-13-4-1-2-5-15(13)20(29)31-17(14)10-12/h7-8,10,16H,1-6,9,11H2,(H,25,26)(H,27,28)(H4,22,23,24)/t16-/m0/s1. The number of hydrogen-bond donors (Lipinski definition) is 4. The van der Waals surface area contributed by atoms with E-state index in [0.29, 0.717) is 24.3 Å². The fourth-order valence-electron chi connectivity index (χ4n) is 3.69. The first-order valence-electron chi connectivity index (χ1n) is 10.2. The number of carboxylic acid groups (broad SMARTS) is 1. The molecule has 0 saturated carbocycles. The number of benzene rings is 1. The van der Waals surface area contributed by atoms with Gasteiger partial charge in [0.15, 0.2) is 6.61 Å². The third kappa shape index (κ3) is 5.74. The topological polar surface area (TPSA) is 175 Å². The van der Waals surface area contributed by atoms with Crippen LogP contribution in [0.25, 0.3) is 11.0 Å². The zero-order valence-electron chi connectivity index (χ0n) is 17.1. The van der Waals surface area contributed by atoms with Crippen molar-refractivity contribution in [3.8, 4) is 5.75 Å². The highest BCUT2D eigenvalue weighted by Crippen LogP contribution is 2.29. The lowest BCUT2D eigenvalue weighted by molar-refractivity contribution is -0.459. The molecule has 1 aliphatic rings. The Morgan fingerprint density at radius 3 is 2.68 bits per heavy atom. The van der Waals surface area contributed by atoms with Crippen LogP contribution in [-0.2, 0) is 22.4 Å². The molecular formula is C21H26N4O6. The van der Waals surface area contributed by atoms with Crippen molar-refractivity contribution in [3.63, 3.8) is 0 Å². The van der Waals surface area contributed by atoms with Gasteiger partial charge in [0.05, 0.1) is 18.6 Å². The van der Waals surface area contributed by atoms with E-state index in [1.165, 1.54) is 0 Å². The summed E-state index contributed by atoms with van der Waals surface area (Å²) in [5.41, 5.74) is 12.4. The zero-order valence-corrected chi connectivity index (χ0v) is 17.1. The summed E-state index contributed by atoms with van der Waals surface area (Å²) < 4.78 is 10.9. The maximum absolute atomic E-state index is 12.2. The van der Waals surface area contributed by atoms with Gasteiger partial charge in [-0.05, 0) is 56.2 Å². The van der Waals surface area contributed by atoms with Crippen LogP contribution in [0.3, 0.4) is 0 Å². The molecule has 6 N–H and O–H groups in total. The van der Waals surface area contributed by atoms with E-state index in [1.54, 1.807) is 12.1 Å². The van der Waals surface area contributed by atoms with Gasteiger partial charge >= 0.3 is 11.6 Å². The van der Waals surface area contributed by atoms with Crippen molar-refractivity contribution >= 4 is 28.8 Å². The third-order valence-electron chi connectivity index (χ3n) is 5.18. The van der Waals surface area contributed by atoms with Crippen molar-refractivity contribution in [3.05, 3.63) is 39.7 Å². The summed E-state index contributed by atoms with van der Waals surface area (Å²) in [6, 6.07) is 3.90. The lowest BCUT2D eigenvalue weighted by Crippen LogP contribution is -2.78. The molecule has 3 rings (SSSR count). The first-order valence-corrected chi connectivity index (χ1v) is 10.2. The molecule has 1 heterocycles. The van der Waals surface area contributed by atoms with Gasteiger partial charge in [-0.3, -0.25) is 21.3 Å². The predicted octanol–water partition coefficient (Wildman–Crippen LogP) is -2.58. The summed E-state index contributed by atoms with van der Waals surface area (Å²) in [6.45, 7) is -0.0310. The van der Waals surface area contributed by atoms with Gasteiger partial charge in [-0.2, -0.15) is 0 Å². The Bertz CT molecular complexity index is 1060. The molecule has 0 saturated heterocycles. The summed E-state index contributed by atoms with van der Waals surface area (Å²) >= 11 is 0. The number of carboxylic acids is 1. The molecule has 0 fully saturated rings. The summed E-state index contributed by atoms with van der Waals surface area (Å²) in [5, 5.41) is 14.5. The number of rotatable bonds is 9. The summed E-state index contributed by atoms with van der Waals surface area (Å²) in [4.78, 5) is 38.3. The Labute approximate surface area is 178 Å². The van der Waals surface area contributed by atoms with Crippen LogP contribution in [0.2, 0.25) is 0 Å². The van der Waals surface area contributed by atoms with Crippen LogP contribution >= 0.6 is 0 Å². The monoisotopic (exact) mass is 430 g/mol. The van der Waals surface area contributed by atoms with Gasteiger partial charge < -0.3 is 24.4 Å². The highest BCUT2D eigenvalue weighted by Gasteiger charge is 2.19. The maximum Gasteiger partial charge on any atom is 0.339 e. The van der Waals surface area contributed by atoms with Crippen molar-refractivity contribution in [2.45, 2.75) is 44.6 Å². The van der Waals surface area contributed by atoms with Crippen molar-refractivity contribution in [2.75, 3.05) is 13.2 Å². The van der Waals surface area contributed by atoms with Crippen LogP contribution in [0.1, 0.15) is 36.8 Å². The summed E-state index contributed by atoms with van der Waals surface area (Å²) in [7, 11) is 0. The van der Waals surface area contributed by atoms with E-state index in [0.717, 1.165) is 42.2 Å². The molecule has 1 aromatic heterocycles. The van der Waals surface area contributed by atoms with Crippen molar-refractivity contribution in [1.29, 1.82) is 0 Å². The minimum Gasteiger partial charge on any atom is -0.548 e. The van der Waals surface area contributed by atoms with Gasteiger partial charge in [0.2, 0.25) is 0 Å². The fourth-order valence-corrected chi connectivity index (χ4v) is 3.69. The highest BCUT2D eigenvalue weighted by molar-refractivity contribution is 5.84. The average molecular weight is 430 g/mol. The number of carbonyl (C=O) groups is 2. The number of nitrogens with one attached hydrogen (secondary N) is 2. The van der Waals surface area contributed by atoms with E-state index >= 15 is 0 Å². The molecule has 166 valence electrons. The number of guanidine groups is 1. The number of aliphatic carboxylic acids is 1. The number of fused-ring (bicyclic) bond motifs is 3. The average Bonchev–Trinajstić information content (AvgIpc) is 2.74. The quantitative estimate of drug-likeness (QED) is 0.145. The first kappa shape index (κ1) is 22.1. The van der Waals surface area contributed by atoms with Crippen LogP contribution < -0.4 is 37.2 Å². The molecule has 0 unspecified atom stereocenters. The van der Waals surface area contributed by atoms with Gasteiger partial charge in [-0.1, -0.05) is 0 Å². The minimum atomic E-state index is -1.39. The summed E-state index contributed by atoms with van der Waals surface area (Å²) in [6.07, 6.45) is 4.10. The van der Waals surface area contributed by atoms with Gasteiger partial charge in [-0.15, -0.1) is 0 Å². The number of carbonyl (C=O) groups excluding carboxylic acids is 2. The van der Waals surface area contributed by atoms with Crippen LogP contribution in [0.15, 0.2) is 27.4 Å². The zero-order chi connectivity index (χ0) is 22.4. The number of amides is 1. The normalized spacial score (nSPS) is 13.8. The smallest absolute Gasteiger partial charge is 0.339 e. The van der Waals surface area contributed by atoms with Crippen molar-refractivity contribution < 1.29 is 28.8 Å². The number of nitrogens with two attached hydrogens (primary N) is 2. The second-order valence-electron chi connectivity index (χ2n) is 7.46. The second kappa shape index (κ2) is 9.96. The van der Waals surface area contributed by atoms with E-state index in [1.807, 2.05) is 6.07 Å². The van der Waals surface area contributed by atoms with E-state index < -0.39 is 24.5 Å². The molecule has 1 atom stereocenters. The molecule has 0 radical (unpaired) electrons. The van der Waals surface area contributed by atoms with Crippen molar-refractivity contribution in [2.24, 2.45) is 11.5 Å². The van der Waals surface area contributed by atoms with Gasteiger partial charge in [0.1, 0.15) is 11.3 Å². The largest absolute Gasteiger partial charge is 0.548 e. The number of hydrogen-bond acceptors (Lipinski definition) is 6. The summed E-state index contributed by atoms with van der Waals surface area (Å²) in [5.74, 6) is -1.63. The Kier molecular flexibility index (Phi) is 7.11. The molecule has 10 heteroatoms. The predicted molar refractivity (Wildman–Crippen MR) is 110 cm³/mol. The van der Waals surface area contributed by atoms with Crippen molar-refractivity contribution in [1.82, 2.24) is 5.32 Å². The minimum absolute atomic E-state index is 0.0363. The molecule has 1 aromatic carbocycles. The second-order valence-corrected chi connectivity index (χ2v) is 7.46.